The number of carbonyl (C=O) groups is 1. The lowest BCUT2D eigenvalue weighted by atomic mass is 10.2. The van der Waals surface area contributed by atoms with Gasteiger partial charge in [0.15, 0.2) is 0 Å². The molecule has 0 bridgehead atoms. The summed E-state index contributed by atoms with van der Waals surface area (Å²) in [5, 5.41) is 2.83. The van der Waals surface area contributed by atoms with Crippen LogP contribution in [-0.2, 0) is 0 Å². The third-order valence-corrected chi connectivity index (χ3v) is 2.53. The number of ether oxygens (including phenoxy) is 2. The lowest BCUT2D eigenvalue weighted by molar-refractivity contribution is 0.0952. The highest BCUT2D eigenvalue weighted by molar-refractivity contribution is 5.95. The molecule has 0 unspecified atom stereocenters. The molecule has 3 N–H and O–H groups in total. The topological polar surface area (TPSA) is 73.6 Å². The van der Waals surface area contributed by atoms with Crippen molar-refractivity contribution >= 4 is 5.91 Å². The number of carbonyl (C=O) groups excluding carboxylic acids is 1. The predicted molar refractivity (Wildman–Crippen MR) is 70.2 cm³/mol. The van der Waals surface area contributed by atoms with Crippen molar-refractivity contribution in [2.45, 2.75) is 12.8 Å². The summed E-state index contributed by atoms with van der Waals surface area (Å²) in [5.41, 5.74) is 5.91. The third kappa shape index (κ3) is 4.25. The number of methoxy groups -OCH3 is 2. The summed E-state index contributed by atoms with van der Waals surface area (Å²) in [7, 11) is 3.11. The molecule has 0 saturated carbocycles. The Hall–Kier alpha value is -1.75. The van der Waals surface area contributed by atoms with E-state index in [2.05, 4.69) is 5.32 Å². The van der Waals surface area contributed by atoms with E-state index in [0.717, 1.165) is 12.8 Å². The average molecular weight is 252 g/mol. The van der Waals surface area contributed by atoms with Crippen molar-refractivity contribution in [2.75, 3.05) is 27.3 Å². The number of nitrogens with two attached hydrogens (primary N) is 1. The zero-order chi connectivity index (χ0) is 13.4. The maximum absolute atomic E-state index is 11.9. The molecule has 0 fully saturated rings. The molecule has 0 heterocycles. The summed E-state index contributed by atoms with van der Waals surface area (Å²) < 4.78 is 10.2. The number of unbranched alkanes of at least 4 members (excludes halogenated alkanes) is 1. The fraction of sp³-hybridized carbons (Fsp3) is 0.462. The summed E-state index contributed by atoms with van der Waals surface area (Å²) in [6.07, 6.45) is 1.78. The normalized spacial score (nSPS) is 9.94. The molecule has 18 heavy (non-hydrogen) atoms. The average Bonchev–Trinajstić information content (AvgIpc) is 2.42. The Morgan fingerprint density at radius 3 is 2.28 bits per heavy atom. The molecule has 0 aliphatic heterocycles. The molecule has 0 saturated heterocycles. The van der Waals surface area contributed by atoms with Gasteiger partial charge in [-0.2, -0.15) is 0 Å². The van der Waals surface area contributed by atoms with E-state index in [1.54, 1.807) is 32.4 Å². The fourth-order valence-electron chi connectivity index (χ4n) is 1.51. The van der Waals surface area contributed by atoms with Gasteiger partial charge in [-0.05, 0) is 31.5 Å². The number of hydrogen-bond donors (Lipinski definition) is 2. The Kier molecular flexibility index (Phi) is 6.00. The standard InChI is InChI=1S/C13H20N2O3/c1-17-11-7-10(8-12(9-11)18-2)13(16)15-6-4-3-5-14/h7-9H,3-6,14H2,1-2H3,(H,15,16). The van der Waals surface area contributed by atoms with E-state index in [9.17, 15) is 4.79 Å². The summed E-state index contributed by atoms with van der Waals surface area (Å²) >= 11 is 0. The highest BCUT2D eigenvalue weighted by Gasteiger charge is 2.09. The molecule has 0 aliphatic rings. The SMILES string of the molecule is COc1cc(OC)cc(C(=O)NCCCCN)c1. The van der Waals surface area contributed by atoms with Crippen LogP contribution in [0.15, 0.2) is 18.2 Å². The molecular weight excluding hydrogens is 232 g/mol. The van der Waals surface area contributed by atoms with Gasteiger partial charge in [-0.25, -0.2) is 0 Å². The number of amides is 1. The van der Waals surface area contributed by atoms with Gasteiger partial charge < -0.3 is 20.5 Å². The number of rotatable bonds is 7. The van der Waals surface area contributed by atoms with Crippen molar-refractivity contribution in [3.63, 3.8) is 0 Å². The van der Waals surface area contributed by atoms with Crippen LogP contribution in [0.2, 0.25) is 0 Å². The van der Waals surface area contributed by atoms with Gasteiger partial charge >= 0.3 is 0 Å². The summed E-state index contributed by atoms with van der Waals surface area (Å²) in [6, 6.07) is 5.09. The summed E-state index contributed by atoms with van der Waals surface area (Å²) in [6.45, 7) is 1.26. The molecule has 0 aromatic heterocycles. The van der Waals surface area contributed by atoms with Gasteiger partial charge in [-0.1, -0.05) is 0 Å². The Morgan fingerprint density at radius 1 is 1.17 bits per heavy atom. The highest BCUT2D eigenvalue weighted by atomic mass is 16.5. The number of hydrogen-bond acceptors (Lipinski definition) is 4. The van der Waals surface area contributed by atoms with Gasteiger partial charge in [0.2, 0.25) is 0 Å². The van der Waals surface area contributed by atoms with E-state index in [4.69, 9.17) is 15.2 Å². The van der Waals surface area contributed by atoms with Crippen LogP contribution in [0.1, 0.15) is 23.2 Å². The lowest BCUT2D eigenvalue weighted by Gasteiger charge is -2.09. The van der Waals surface area contributed by atoms with Crippen LogP contribution < -0.4 is 20.5 Å². The monoisotopic (exact) mass is 252 g/mol. The van der Waals surface area contributed by atoms with Crippen LogP contribution in [0.25, 0.3) is 0 Å². The molecule has 5 heteroatoms. The van der Waals surface area contributed by atoms with Crippen LogP contribution in [0.3, 0.4) is 0 Å². The predicted octanol–water partition coefficient (Wildman–Crippen LogP) is 1.17. The van der Waals surface area contributed by atoms with Crippen LogP contribution in [0, 0.1) is 0 Å². The fourth-order valence-corrected chi connectivity index (χ4v) is 1.51. The summed E-state index contributed by atoms with van der Waals surface area (Å²) in [4.78, 5) is 11.9. The molecule has 1 aromatic rings. The Balaban J connectivity index is 2.66. The second-order valence-electron chi connectivity index (χ2n) is 3.85. The maximum Gasteiger partial charge on any atom is 0.251 e. The first-order valence-corrected chi connectivity index (χ1v) is 5.92. The van der Waals surface area contributed by atoms with Gasteiger partial charge in [0, 0.05) is 18.2 Å². The molecule has 1 amide bonds. The zero-order valence-electron chi connectivity index (χ0n) is 10.9. The van der Waals surface area contributed by atoms with Crippen molar-refractivity contribution in [1.82, 2.24) is 5.32 Å². The third-order valence-electron chi connectivity index (χ3n) is 2.53. The Labute approximate surface area is 107 Å². The molecular formula is C13H20N2O3. The smallest absolute Gasteiger partial charge is 0.251 e. The quantitative estimate of drug-likeness (QED) is 0.714. The molecule has 100 valence electrons. The molecule has 0 aliphatic carbocycles. The van der Waals surface area contributed by atoms with Crippen molar-refractivity contribution in [1.29, 1.82) is 0 Å². The Morgan fingerprint density at radius 2 is 1.78 bits per heavy atom. The van der Waals surface area contributed by atoms with E-state index in [0.29, 0.717) is 30.2 Å². The first-order valence-electron chi connectivity index (χ1n) is 5.92. The van der Waals surface area contributed by atoms with Crippen LogP contribution >= 0.6 is 0 Å². The molecule has 1 rings (SSSR count). The van der Waals surface area contributed by atoms with Crippen molar-refractivity contribution in [3.05, 3.63) is 23.8 Å². The number of nitrogens with one attached hydrogen (secondary N) is 1. The van der Waals surface area contributed by atoms with Crippen LogP contribution in [0.5, 0.6) is 11.5 Å². The molecule has 0 spiro atoms. The van der Waals surface area contributed by atoms with E-state index in [1.807, 2.05) is 0 Å². The van der Waals surface area contributed by atoms with Gasteiger partial charge in [0.25, 0.3) is 5.91 Å². The minimum atomic E-state index is -0.135. The molecule has 1 aromatic carbocycles. The minimum Gasteiger partial charge on any atom is -0.497 e. The zero-order valence-corrected chi connectivity index (χ0v) is 10.9. The van der Waals surface area contributed by atoms with Crippen LogP contribution in [0.4, 0.5) is 0 Å². The highest BCUT2D eigenvalue weighted by Crippen LogP contribution is 2.22. The van der Waals surface area contributed by atoms with Gasteiger partial charge in [-0.15, -0.1) is 0 Å². The van der Waals surface area contributed by atoms with E-state index in [-0.39, 0.29) is 5.91 Å². The van der Waals surface area contributed by atoms with Gasteiger partial charge in [-0.3, -0.25) is 4.79 Å². The molecule has 0 radical (unpaired) electrons. The second-order valence-corrected chi connectivity index (χ2v) is 3.85. The second kappa shape index (κ2) is 7.55. The first kappa shape index (κ1) is 14.3. The largest absolute Gasteiger partial charge is 0.497 e. The van der Waals surface area contributed by atoms with Crippen molar-refractivity contribution in [3.8, 4) is 11.5 Å². The number of benzene rings is 1. The first-order chi connectivity index (χ1) is 8.71. The van der Waals surface area contributed by atoms with Crippen molar-refractivity contribution < 1.29 is 14.3 Å². The van der Waals surface area contributed by atoms with E-state index in [1.165, 1.54) is 0 Å². The van der Waals surface area contributed by atoms with Crippen molar-refractivity contribution in [2.24, 2.45) is 5.73 Å². The summed E-state index contributed by atoms with van der Waals surface area (Å²) in [5.74, 6) is 1.06. The Bertz CT molecular complexity index is 372. The minimum absolute atomic E-state index is 0.135. The van der Waals surface area contributed by atoms with Gasteiger partial charge in [0.05, 0.1) is 14.2 Å². The molecule has 5 nitrogen and oxygen atoms in total. The van der Waals surface area contributed by atoms with E-state index >= 15 is 0 Å². The van der Waals surface area contributed by atoms with E-state index < -0.39 is 0 Å². The van der Waals surface area contributed by atoms with Gasteiger partial charge in [0.1, 0.15) is 11.5 Å². The lowest BCUT2D eigenvalue weighted by Crippen LogP contribution is -2.24. The van der Waals surface area contributed by atoms with Crippen LogP contribution in [-0.4, -0.2) is 33.2 Å². The molecule has 0 atom stereocenters. The maximum atomic E-state index is 11.9.